The van der Waals surface area contributed by atoms with Gasteiger partial charge in [0.25, 0.3) is 0 Å². The molecule has 5 aliphatic rings. The van der Waals surface area contributed by atoms with Crippen molar-refractivity contribution in [2.45, 2.75) is 43.2 Å². The van der Waals surface area contributed by atoms with Crippen molar-refractivity contribution in [1.82, 2.24) is 0 Å². The van der Waals surface area contributed by atoms with Crippen molar-refractivity contribution in [3.63, 3.8) is 0 Å². The van der Waals surface area contributed by atoms with E-state index in [2.05, 4.69) is 12.7 Å². The summed E-state index contributed by atoms with van der Waals surface area (Å²) < 4.78 is 23.4. The Morgan fingerprint density at radius 2 is 2.03 bits per heavy atom. The Labute approximate surface area is 179 Å². The average Bonchev–Trinajstić information content (AvgIpc) is 3.16. The van der Waals surface area contributed by atoms with Crippen molar-refractivity contribution in [2.75, 3.05) is 13.7 Å². The van der Waals surface area contributed by atoms with Gasteiger partial charge in [0.15, 0.2) is 6.10 Å². The van der Waals surface area contributed by atoms with Crippen LogP contribution in [0.3, 0.4) is 0 Å². The summed E-state index contributed by atoms with van der Waals surface area (Å²) in [5, 5.41) is 39.9. The summed E-state index contributed by atoms with van der Waals surface area (Å²) in [7, 11) is 1.59. The highest BCUT2D eigenvalue weighted by molar-refractivity contribution is 6.07. The molecule has 31 heavy (non-hydrogen) atoms. The summed E-state index contributed by atoms with van der Waals surface area (Å²) in [6, 6.07) is 0. The van der Waals surface area contributed by atoms with Gasteiger partial charge in [-0.1, -0.05) is 18.2 Å². The van der Waals surface area contributed by atoms with Gasteiger partial charge in [-0.05, 0) is 29.7 Å². The molecule has 3 aliphatic carbocycles. The van der Waals surface area contributed by atoms with Crippen LogP contribution in [0.4, 0.5) is 0 Å². The molecule has 0 radical (unpaired) electrons. The molecule has 2 heterocycles. The number of hydrogen-bond donors (Lipinski definition) is 4. The van der Waals surface area contributed by atoms with Gasteiger partial charge in [0.05, 0.1) is 19.1 Å². The van der Waals surface area contributed by atoms with Gasteiger partial charge >= 0.3 is 12.1 Å². The minimum Gasteiger partial charge on any atom is -0.497 e. The summed E-state index contributed by atoms with van der Waals surface area (Å²) in [5.41, 5.74) is 2.42. The largest absolute Gasteiger partial charge is 0.497 e. The smallest absolute Gasteiger partial charge is 0.410 e. The number of aliphatic hydroxyl groups excluding tert-OH is 4. The molecule has 1 saturated heterocycles. The Morgan fingerprint density at radius 1 is 1.23 bits per heavy atom. The first-order valence-corrected chi connectivity index (χ1v) is 10.2. The van der Waals surface area contributed by atoms with Crippen molar-refractivity contribution < 1.29 is 39.1 Å². The lowest BCUT2D eigenvalue weighted by Crippen LogP contribution is -2.58. The Morgan fingerprint density at radius 3 is 2.74 bits per heavy atom. The van der Waals surface area contributed by atoms with Crippen molar-refractivity contribution in [2.24, 2.45) is 5.41 Å². The molecule has 5 rings (SSSR count). The van der Waals surface area contributed by atoms with Crippen molar-refractivity contribution in [3.05, 3.63) is 71.3 Å². The number of methoxy groups -OCH3 is 1. The van der Waals surface area contributed by atoms with Gasteiger partial charge in [-0.3, -0.25) is 4.74 Å². The summed E-state index contributed by atoms with van der Waals surface area (Å²) in [6.45, 7) is 3.56. The maximum absolute atomic E-state index is 10.4. The van der Waals surface area contributed by atoms with Crippen LogP contribution in [0.15, 0.2) is 71.3 Å². The van der Waals surface area contributed by atoms with E-state index >= 15 is 0 Å². The monoisotopic (exact) mass is 429 g/mol. The molecule has 1 fully saturated rings. The zero-order chi connectivity index (χ0) is 21.9. The highest BCUT2D eigenvalue weighted by atomic mass is 16.7. The van der Waals surface area contributed by atoms with Crippen LogP contribution in [0.25, 0.3) is 0 Å². The molecule has 4 N–H and O–H groups in total. The standard InChI is InChI=1S/C23H25O8/c1-3-23-12-6-4-11-5-8-13(20(16(11)23)31-21(23)14(28-2)9-7-12)29-22-19(27)18(26)17(25)15(10-24)30-22/h3-5,7-9,15,17-19,21-22,24-27H,1,6,10H2,2H3/q+1/t15?,17?,18?,19?,21-,22?,23-/m0/s1. The molecular weight excluding hydrogens is 404 g/mol. The molecule has 0 spiro atoms. The number of rotatable bonds is 4. The lowest BCUT2D eigenvalue weighted by molar-refractivity contribution is -0.592. The fourth-order valence-electron chi connectivity index (χ4n) is 5.01. The second-order valence-corrected chi connectivity index (χ2v) is 8.12. The lowest BCUT2D eigenvalue weighted by atomic mass is 9.61. The van der Waals surface area contributed by atoms with Gasteiger partial charge in [0, 0.05) is 11.6 Å². The normalized spacial score (nSPS) is 41.8. The number of carbonyl (C=O) groups excluding carboxylic acids is 1. The molecule has 8 heteroatoms. The van der Waals surface area contributed by atoms with Crippen LogP contribution in [0.1, 0.15) is 6.42 Å². The first-order chi connectivity index (χ1) is 15.0. The van der Waals surface area contributed by atoms with Gasteiger partial charge in [0.2, 0.25) is 11.9 Å². The van der Waals surface area contributed by atoms with Gasteiger partial charge < -0.3 is 29.9 Å². The molecule has 8 nitrogen and oxygen atoms in total. The first kappa shape index (κ1) is 20.4. The third kappa shape index (κ3) is 2.69. The summed E-state index contributed by atoms with van der Waals surface area (Å²) in [6.07, 6.45) is 4.93. The molecule has 0 bridgehead atoms. The van der Waals surface area contributed by atoms with E-state index in [1.54, 1.807) is 13.2 Å². The number of aliphatic hydroxyl groups is 4. The van der Waals surface area contributed by atoms with Crippen molar-refractivity contribution in [3.8, 4) is 0 Å². The van der Waals surface area contributed by atoms with E-state index < -0.39 is 48.8 Å². The van der Waals surface area contributed by atoms with E-state index in [1.165, 1.54) is 0 Å². The van der Waals surface area contributed by atoms with Crippen molar-refractivity contribution >= 4 is 5.78 Å². The Bertz CT molecular complexity index is 997. The van der Waals surface area contributed by atoms with E-state index in [0.29, 0.717) is 17.3 Å². The molecule has 0 amide bonds. The fraction of sp³-hybridized carbons (Fsp3) is 0.435. The van der Waals surface area contributed by atoms with Gasteiger partial charge in [0.1, 0.15) is 24.1 Å². The minimum absolute atomic E-state index is 0.309. The quantitative estimate of drug-likeness (QED) is 0.369. The number of hydrogen-bond acceptors (Lipinski definition) is 7. The van der Waals surface area contributed by atoms with E-state index in [-0.39, 0.29) is 0 Å². The Kier molecular flexibility index (Phi) is 4.80. The first-order valence-electron chi connectivity index (χ1n) is 10.2. The molecule has 0 aromatic heterocycles. The van der Waals surface area contributed by atoms with Gasteiger partial charge in [-0.2, -0.15) is 0 Å². The molecule has 0 saturated carbocycles. The highest BCUT2D eigenvalue weighted by Gasteiger charge is 2.59. The fourth-order valence-corrected chi connectivity index (χ4v) is 5.01. The van der Waals surface area contributed by atoms with Crippen LogP contribution < -0.4 is 0 Å². The van der Waals surface area contributed by atoms with E-state index in [1.807, 2.05) is 24.3 Å². The zero-order valence-electron chi connectivity index (χ0n) is 17.0. The maximum atomic E-state index is 10.4. The molecule has 0 aromatic rings. The van der Waals surface area contributed by atoms with Crippen molar-refractivity contribution in [1.29, 1.82) is 0 Å². The van der Waals surface area contributed by atoms with Crippen LogP contribution in [-0.2, 0) is 18.6 Å². The maximum Gasteiger partial charge on any atom is 0.410 e. The summed E-state index contributed by atoms with van der Waals surface area (Å²) in [4.78, 5) is 0. The van der Waals surface area contributed by atoms with Gasteiger partial charge in [-0.25, -0.2) is 4.42 Å². The van der Waals surface area contributed by atoms with Crippen LogP contribution in [0.2, 0.25) is 0 Å². The summed E-state index contributed by atoms with van der Waals surface area (Å²) in [5.74, 6) is 1.45. The van der Waals surface area contributed by atoms with E-state index in [9.17, 15) is 20.4 Å². The SMILES string of the molecule is C=C[C@@]12C3=CC=C(OC)[C@@H]1OC1=C2C(=CC3)C=CC1=[O+]C1OC(CO)C(O)C(O)C1O. The molecule has 5 unspecified atom stereocenters. The van der Waals surface area contributed by atoms with Crippen LogP contribution in [0.5, 0.6) is 0 Å². The molecule has 164 valence electrons. The second-order valence-electron chi connectivity index (χ2n) is 8.12. The zero-order valence-corrected chi connectivity index (χ0v) is 17.0. The third-order valence-electron chi connectivity index (χ3n) is 6.65. The molecule has 0 aromatic carbocycles. The van der Waals surface area contributed by atoms with Crippen LogP contribution in [0, 0.1) is 5.41 Å². The Balaban J connectivity index is 1.59. The topological polar surface area (TPSA) is 120 Å². The van der Waals surface area contributed by atoms with E-state index in [4.69, 9.17) is 18.6 Å². The minimum atomic E-state index is -1.53. The van der Waals surface area contributed by atoms with Crippen LogP contribution >= 0.6 is 0 Å². The molecule has 7 atom stereocenters. The highest BCUT2D eigenvalue weighted by Crippen LogP contribution is 2.59. The van der Waals surface area contributed by atoms with E-state index in [0.717, 1.165) is 23.1 Å². The average molecular weight is 429 g/mol. The number of allylic oxidation sites excluding steroid dienone is 6. The summed E-state index contributed by atoms with van der Waals surface area (Å²) >= 11 is 0. The lowest BCUT2D eigenvalue weighted by Gasteiger charge is -2.40. The number of ether oxygens (including phenoxy) is 3. The Hall–Kier alpha value is -2.49. The van der Waals surface area contributed by atoms with Crippen LogP contribution in [-0.4, -0.2) is 76.7 Å². The molecule has 2 aliphatic heterocycles. The second kappa shape index (κ2) is 7.29. The third-order valence-corrected chi connectivity index (χ3v) is 6.65. The predicted octanol–water partition coefficient (Wildman–Crippen LogP) is 0.0866. The predicted molar refractivity (Wildman–Crippen MR) is 108 cm³/mol. The molecular formula is C23H25O8+. The number of ketones is 1. The van der Waals surface area contributed by atoms with Gasteiger partial charge in [-0.15, -0.1) is 6.58 Å².